The molecule has 0 nitrogen and oxygen atoms in total. The number of terminal acetylenes is 1. The Kier molecular flexibility index (Phi) is 2.71. The van der Waals surface area contributed by atoms with Crippen molar-refractivity contribution in [2.45, 2.75) is 13.3 Å². The van der Waals surface area contributed by atoms with Crippen molar-refractivity contribution in [3.05, 3.63) is 47.5 Å². The van der Waals surface area contributed by atoms with E-state index in [0.717, 1.165) is 12.0 Å². The highest BCUT2D eigenvalue weighted by molar-refractivity contribution is 5.39. The molecule has 0 N–H and O–H groups in total. The molecular weight excluding hydrogens is 144 g/mol. The Morgan fingerprint density at radius 3 is 2.83 bits per heavy atom. The molecule has 0 unspecified atom stereocenters. The minimum absolute atomic E-state index is 0.913. The van der Waals surface area contributed by atoms with Gasteiger partial charge in [-0.2, -0.15) is 0 Å². The van der Waals surface area contributed by atoms with Gasteiger partial charge in [0.25, 0.3) is 0 Å². The summed E-state index contributed by atoms with van der Waals surface area (Å²) in [7, 11) is 0. The van der Waals surface area contributed by atoms with Crippen molar-refractivity contribution >= 4 is 0 Å². The van der Waals surface area contributed by atoms with Crippen LogP contribution in [0.1, 0.15) is 16.7 Å². The van der Waals surface area contributed by atoms with Crippen molar-refractivity contribution in [2.75, 3.05) is 0 Å². The Morgan fingerprint density at radius 1 is 1.58 bits per heavy atom. The molecule has 60 valence electrons. The second-order valence-electron chi connectivity index (χ2n) is 2.78. The van der Waals surface area contributed by atoms with E-state index in [1.807, 2.05) is 18.2 Å². The molecule has 1 aromatic carbocycles. The monoisotopic (exact) mass is 156 g/mol. The predicted molar refractivity (Wildman–Crippen MR) is 53.0 cm³/mol. The lowest BCUT2D eigenvalue weighted by Gasteiger charge is -2.02. The molecule has 1 rings (SSSR count). The molecule has 0 aliphatic rings. The van der Waals surface area contributed by atoms with Crippen LogP contribution in [0.4, 0.5) is 0 Å². The van der Waals surface area contributed by atoms with Gasteiger partial charge in [-0.25, -0.2) is 0 Å². The molecule has 0 bridgehead atoms. The number of rotatable bonds is 2. The second kappa shape index (κ2) is 3.78. The first-order valence-corrected chi connectivity index (χ1v) is 3.95. The van der Waals surface area contributed by atoms with Gasteiger partial charge in [-0.1, -0.05) is 18.1 Å². The van der Waals surface area contributed by atoms with E-state index in [2.05, 4.69) is 25.5 Å². The molecular formula is C12H12. The lowest BCUT2D eigenvalue weighted by molar-refractivity contribution is 1.21. The smallest absolute Gasteiger partial charge is 0.0245 e. The third-order valence-corrected chi connectivity index (χ3v) is 1.87. The van der Waals surface area contributed by atoms with Crippen LogP contribution < -0.4 is 0 Å². The van der Waals surface area contributed by atoms with Crippen molar-refractivity contribution in [2.24, 2.45) is 0 Å². The Bertz CT molecular complexity index is 326. The minimum atomic E-state index is 0.913. The molecule has 0 aliphatic carbocycles. The summed E-state index contributed by atoms with van der Waals surface area (Å²) in [5, 5.41) is 0. The van der Waals surface area contributed by atoms with E-state index < -0.39 is 0 Å². The molecule has 0 aromatic heterocycles. The fourth-order valence-corrected chi connectivity index (χ4v) is 1.17. The zero-order valence-corrected chi connectivity index (χ0v) is 7.30. The molecule has 0 spiro atoms. The lowest BCUT2D eigenvalue weighted by atomic mass is 10.0. The zero-order valence-electron chi connectivity index (χ0n) is 7.30. The molecule has 1 aromatic rings. The molecule has 0 aliphatic heterocycles. The number of aryl methyl sites for hydroxylation is 1. The van der Waals surface area contributed by atoms with E-state index in [1.54, 1.807) is 0 Å². The summed E-state index contributed by atoms with van der Waals surface area (Å²) in [6.45, 7) is 5.77. The van der Waals surface area contributed by atoms with Gasteiger partial charge in [-0.15, -0.1) is 13.0 Å². The highest BCUT2D eigenvalue weighted by Gasteiger charge is 1.95. The Morgan fingerprint density at radius 2 is 2.33 bits per heavy atom. The van der Waals surface area contributed by atoms with Gasteiger partial charge in [-0.05, 0) is 36.6 Å². The van der Waals surface area contributed by atoms with Crippen LogP contribution in [0.15, 0.2) is 30.9 Å². The molecule has 0 heteroatoms. The largest absolute Gasteiger partial charge is 0.115 e. The highest BCUT2D eigenvalue weighted by atomic mass is 14.0. The van der Waals surface area contributed by atoms with E-state index >= 15 is 0 Å². The second-order valence-corrected chi connectivity index (χ2v) is 2.78. The Hall–Kier alpha value is -1.48. The van der Waals surface area contributed by atoms with E-state index in [4.69, 9.17) is 6.42 Å². The number of allylic oxidation sites excluding steroid dienone is 1. The van der Waals surface area contributed by atoms with Crippen LogP contribution in [-0.4, -0.2) is 0 Å². The van der Waals surface area contributed by atoms with Gasteiger partial charge in [0, 0.05) is 5.56 Å². The molecule has 0 saturated heterocycles. The Balaban J connectivity index is 3.04. The number of hydrogen-bond donors (Lipinski definition) is 0. The maximum Gasteiger partial charge on any atom is 0.0245 e. The average molecular weight is 156 g/mol. The van der Waals surface area contributed by atoms with Crippen LogP contribution in [0.3, 0.4) is 0 Å². The molecule has 0 radical (unpaired) electrons. The average Bonchev–Trinajstić information content (AvgIpc) is 2.09. The summed E-state index contributed by atoms with van der Waals surface area (Å²) in [6, 6.07) is 6.05. The lowest BCUT2D eigenvalue weighted by Crippen LogP contribution is -1.87. The minimum Gasteiger partial charge on any atom is -0.115 e. The van der Waals surface area contributed by atoms with E-state index in [9.17, 15) is 0 Å². The molecule has 0 fully saturated rings. The topological polar surface area (TPSA) is 0 Å². The normalized spacial score (nSPS) is 9.00. The van der Waals surface area contributed by atoms with Crippen LogP contribution >= 0.6 is 0 Å². The predicted octanol–water partition coefficient (Wildman–Crippen LogP) is 2.70. The van der Waals surface area contributed by atoms with Gasteiger partial charge in [0.05, 0.1) is 0 Å². The summed E-state index contributed by atoms with van der Waals surface area (Å²) < 4.78 is 0. The third kappa shape index (κ3) is 1.77. The van der Waals surface area contributed by atoms with Crippen molar-refractivity contribution in [1.82, 2.24) is 0 Å². The maximum absolute atomic E-state index is 5.27. The number of hydrogen-bond acceptors (Lipinski definition) is 0. The summed E-state index contributed by atoms with van der Waals surface area (Å²) in [5.41, 5.74) is 3.48. The van der Waals surface area contributed by atoms with Crippen molar-refractivity contribution in [1.29, 1.82) is 0 Å². The first kappa shape index (κ1) is 8.62. The highest BCUT2D eigenvalue weighted by Crippen LogP contribution is 2.11. The molecule has 0 atom stereocenters. The van der Waals surface area contributed by atoms with Crippen molar-refractivity contribution in [3.63, 3.8) is 0 Å². The third-order valence-electron chi connectivity index (χ3n) is 1.87. The molecule has 12 heavy (non-hydrogen) atoms. The summed E-state index contributed by atoms with van der Waals surface area (Å²) in [6.07, 6.45) is 8.09. The number of benzene rings is 1. The summed E-state index contributed by atoms with van der Waals surface area (Å²) in [4.78, 5) is 0. The van der Waals surface area contributed by atoms with Gasteiger partial charge < -0.3 is 0 Å². The van der Waals surface area contributed by atoms with Crippen LogP contribution in [0.25, 0.3) is 0 Å². The van der Waals surface area contributed by atoms with Gasteiger partial charge in [0.2, 0.25) is 0 Å². The van der Waals surface area contributed by atoms with E-state index in [1.165, 1.54) is 11.1 Å². The van der Waals surface area contributed by atoms with Crippen molar-refractivity contribution in [3.8, 4) is 12.3 Å². The maximum atomic E-state index is 5.27. The Labute approximate surface area is 73.9 Å². The van der Waals surface area contributed by atoms with Crippen LogP contribution in [0.5, 0.6) is 0 Å². The first-order chi connectivity index (χ1) is 5.77. The van der Waals surface area contributed by atoms with Gasteiger partial charge in [0.1, 0.15) is 0 Å². The standard InChI is InChI=1S/C12H12/c1-4-6-12-8-7-11(5-2)9-10(12)3/h2,4,7-9H,1,6H2,3H3. The first-order valence-electron chi connectivity index (χ1n) is 3.95. The molecule has 0 amide bonds. The summed E-state index contributed by atoms with van der Waals surface area (Å²) >= 11 is 0. The zero-order chi connectivity index (χ0) is 8.97. The van der Waals surface area contributed by atoms with Crippen LogP contribution in [0.2, 0.25) is 0 Å². The van der Waals surface area contributed by atoms with E-state index in [0.29, 0.717) is 0 Å². The molecule has 0 saturated carbocycles. The fourth-order valence-electron chi connectivity index (χ4n) is 1.17. The summed E-state index contributed by atoms with van der Waals surface area (Å²) in [5.74, 6) is 2.61. The van der Waals surface area contributed by atoms with Gasteiger partial charge in [-0.3, -0.25) is 0 Å². The quantitative estimate of drug-likeness (QED) is 0.456. The van der Waals surface area contributed by atoms with E-state index in [-0.39, 0.29) is 0 Å². The molecule has 0 heterocycles. The van der Waals surface area contributed by atoms with Gasteiger partial charge in [0.15, 0.2) is 0 Å². The van der Waals surface area contributed by atoms with Gasteiger partial charge >= 0.3 is 0 Å². The van der Waals surface area contributed by atoms with Crippen molar-refractivity contribution < 1.29 is 0 Å². The van der Waals surface area contributed by atoms with Crippen LogP contribution in [-0.2, 0) is 6.42 Å². The SMILES string of the molecule is C#Cc1ccc(CC=C)c(C)c1. The fraction of sp³-hybridized carbons (Fsp3) is 0.167. The van der Waals surface area contributed by atoms with Crippen LogP contribution in [0, 0.1) is 19.3 Å².